The molecule has 5 nitrogen and oxygen atoms in total. The lowest BCUT2D eigenvalue weighted by Gasteiger charge is -2.16. The fourth-order valence-corrected chi connectivity index (χ4v) is 1.45. The number of aliphatic hydroxyl groups excluding tert-OH is 1. The minimum atomic E-state index is -0.599. The first-order chi connectivity index (χ1) is 7.07. The summed E-state index contributed by atoms with van der Waals surface area (Å²) in [6.45, 7) is 3.57. The predicted molar refractivity (Wildman–Crippen MR) is 55.6 cm³/mol. The molecule has 2 atom stereocenters. The summed E-state index contributed by atoms with van der Waals surface area (Å²) in [5.74, 6) is -0.323. The van der Waals surface area contributed by atoms with E-state index < -0.39 is 11.0 Å². The summed E-state index contributed by atoms with van der Waals surface area (Å²) >= 11 is 0. The summed E-state index contributed by atoms with van der Waals surface area (Å²) in [6.07, 6.45) is 1.45. The van der Waals surface area contributed by atoms with Gasteiger partial charge in [-0.3, -0.25) is 15.1 Å². The maximum absolute atomic E-state index is 10.7. The summed E-state index contributed by atoms with van der Waals surface area (Å²) in [6, 6.07) is 2.92. The first kappa shape index (κ1) is 11.6. The standard InChI is InChI=1S/C10H14N2O3/c1-3-9(13)7(2)10-8(12(14)15)5-4-6-11-10/h4-7,9,13H,3H2,1-2H3. The van der Waals surface area contributed by atoms with Crippen molar-refractivity contribution in [3.63, 3.8) is 0 Å². The third-order valence-corrected chi connectivity index (χ3v) is 2.44. The molecule has 0 aliphatic carbocycles. The summed E-state index contributed by atoms with van der Waals surface area (Å²) in [4.78, 5) is 14.2. The Bertz CT molecular complexity index is 354. The topological polar surface area (TPSA) is 76.3 Å². The smallest absolute Gasteiger partial charge is 0.291 e. The summed E-state index contributed by atoms with van der Waals surface area (Å²) in [7, 11) is 0. The molecule has 82 valence electrons. The number of hydrogen-bond acceptors (Lipinski definition) is 4. The number of aliphatic hydroxyl groups is 1. The van der Waals surface area contributed by atoms with Crippen LogP contribution in [0.1, 0.15) is 31.9 Å². The molecule has 0 saturated carbocycles. The van der Waals surface area contributed by atoms with Crippen molar-refractivity contribution in [2.45, 2.75) is 32.3 Å². The SMILES string of the molecule is CCC(O)C(C)c1ncccc1[N+](=O)[O-]. The maximum Gasteiger partial charge on any atom is 0.291 e. The van der Waals surface area contributed by atoms with Gasteiger partial charge < -0.3 is 5.11 Å². The first-order valence-corrected chi connectivity index (χ1v) is 4.85. The van der Waals surface area contributed by atoms with Crippen molar-refractivity contribution in [2.75, 3.05) is 0 Å². The minimum absolute atomic E-state index is 0.0301. The van der Waals surface area contributed by atoms with E-state index in [2.05, 4.69) is 4.98 Å². The molecule has 0 amide bonds. The number of pyridine rings is 1. The van der Waals surface area contributed by atoms with Crippen LogP contribution in [0.15, 0.2) is 18.3 Å². The van der Waals surface area contributed by atoms with Crippen LogP contribution >= 0.6 is 0 Å². The molecule has 0 spiro atoms. The molecule has 0 aliphatic heterocycles. The quantitative estimate of drug-likeness (QED) is 0.608. The maximum atomic E-state index is 10.7. The van der Waals surface area contributed by atoms with Crippen LogP contribution in [-0.4, -0.2) is 21.1 Å². The zero-order valence-electron chi connectivity index (χ0n) is 8.75. The molecule has 1 rings (SSSR count). The lowest BCUT2D eigenvalue weighted by Crippen LogP contribution is -2.16. The number of aromatic nitrogens is 1. The van der Waals surface area contributed by atoms with E-state index in [0.29, 0.717) is 12.1 Å². The second-order valence-electron chi connectivity index (χ2n) is 3.43. The fourth-order valence-electron chi connectivity index (χ4n) is 1.45. The average molecular weight is 210 g/mol. The molecular weight excluding hydrogens is 196 g/mol. The van der Waals surface area contributed by atoms with E-state index >= 15 is 0 Å². The third kappa shape index (κ3) is 2.50. The molecular formula is C10H14N2O3. The Morgan fingerprint density at radius 1 is 1.67 bits per heavy atom. The molecule has 15 heavy (non-hydrogen) atoms. The van der Waals surface area contributed by atoms with Gasteiger partial charge in [-0.05, 0) is 12.5 Å². The van der Waals surface area contributed by atoms with Crippen molar-refractivity contribution >= 4 is 5.69 Å². The third-order valence-electron chi connectivity index (χ3n) is 2.44. The van der Waals surface area contributed by atoms with Gasteiger partial charge in [-0.2, -0.15) is 0 Å². The van der Waals surface area contributed by atoms with E-state index in [9.17, 15) is 15.2 Å². The summed E-state index contributed by atoms with van der Waals surface area (Å²) < 4.78 is 0. The summed E-state index contributed by atoms with van der Waals surface area (Å²) in [5, 5.41) is 20.3. The molecule has 1 aromatic heterocycles. The highest BCUT2D eigenvalue weighted by Crippen LogP contribution is 2.27. The zero-order chi connectivity index (χ0) is 11.4. The van der Waals surface area contributed by atoms with Gasteiger partial charge in [-0.25, -0.2) is 0 Å². The van der Waals surface area contributed by atoms with Crippen LogP contribution in [0.2, 0.25) is 0 Å². The zero-order valence-corrected chi connectivity index (χ0v) is 8.75. The number of rotatable bonds is 4. The van der Waals surface area contributed by atoms with E-state index in [4.69, 9.17) is 0 Å². The van der Waals surface area contributed by atoms with E-state index in [1.807, 2.05) is 6.92 Å². The van der Waals surface area contributed by atoms with Gasteiger partial charge in [0.05, 0.1) is 11.0 Å². The summed E-state index contributed by atoms with van der Waals surface area (Å²) in [5.41, 5.74) is 0.314. The Hall–Kier alpha value is -1.49. The normalized spacial score (nSPS) is 14.6. The number of hydrogen-bond donors (Lipinski definition) is 1. The Morgan fingerprint density at radius 3 is 2.87 bits per heavy atom. The van der Waals surface area contributed by atoms with E-state index in [1.54, 1.807) is 6.92 Å². The number of nitrogens with zero attached hydrogens (tertiary/aromatic N) is 2. The van der Waals surface area contributed by atoms with Crippen LogP contribution in [0.3, 0.4) is 0 Å². The largest absolute Gasteiger partial charge is 0.392 e. The van der Waals surface area contributed by atoms with Gasteiger partial charge >= 0.3 is 0 Å². The van der Waals surface area contributed by atoms with E-state index in [-0.39, 0.29) is 11.6 Å². The lowest BCUT2D eigenvalue weighted by atomic mass is 9.97. The van der Waals surface area contributed by atoms with Crippen molar-refractivity contribution in [3.05, 3.63) is 34.1 Å². The van der Waals surface area contributed by atoms with Crippen LogP contribution in [0.25, 0.3) is 0 Å². The molecule has 1 heterocycles. The Kier molecular flexibility index (Phi) is 3.74. The molecule has 1 N–H and O–H groups in total. The van der Waals surface area contributed by atoms with Crippen molar-refractivity contribution < 1.29 is 10.0 Å². The van der Waals surface area contributed by atoms with E-state index in [1.165, 1.54) is 18.3 Å². The number of nitro groups is 1. The second-order valence-corrected chi connectivity index (χ2v) is 3.43. The van der Waals surface area contributed by atoms with Crippen molar-refractivity contribution in [2.24, 2.45) is 0 Å². The molecule has 0 aromatic carbocycles. The highest BCUT2D eigenvalue weighted by Gasteiger charge is 2.24. The molecule has 5 heteroatoms. The molecule has 0 radical (unpaired) electrons. The first-order valence-electron chi connectivity index (χ1n) is 4.85. The molecule has 0 aliphatic rings. The van der Waals surface area contributed by atoms with Crippen LogP contribution in [0, 0.1) is 10.1 Å². The Balaban J connectivity index is 3.07. The molecule has 0 fully saturated rings. The molecule has 0 saturated heterocycles. The average Bonchev–Trinajstić information content (AvgIpc) is 2.27. The lowest BCUT2D eigenvalue weighted by molar-refractivity contribution is -0.386. The highest BCUT2D eigenvalue weighted by molar-refractivity contribution is 5.37. The van der Waals surface area contributed by atoms with Crippen molar-refractivity contribution in [1.82, 2.24) is 4.98 Å². The van der Waals surface area contributed by atoms with Gasteiger partial charge in [-0.15, -0.1) is 0 Å². The van der Waals surface area contributed by atoms with Gasteiger partial charge in [0.25, 0.3) is 5.69 Å². The van der Waals surface area contributed by atoms with Gasteiger partial charge in [0.15, 0.2) is 0 Å². The van der Waals surface area contributed by atoms with Gasteiger partial charge in [0.1, 0.15) is 5.69 Å². The van der Waals surface area contributed by atoms with Crippen LogP contribution in [0.5, 0.6) is 0 Å². The van der Waals surface area contributed by atoms with Crippen molar-refractivity contribution in [3.8, 4) is 0 Å². The predicted octanol–water partition coefficient (Wildman–Crippen LogP) is 1.86. The Labute approximate surface area is 87.9 Å². The van der Waals surface area contributed by atoms with E-state index in [0.717, 1.165) is 0 Å². The van der Waals surface area contributed by atoms with Gasteiger partial charge in [0, 0.05) is 18.2 Å². The minimum Gasteiger partial charge on any atom is -0.392 e. The molecule has 2 unspecified atom stereocenters. The van der Waals surface area contributed by atoms with Crippen molar-refractivity contribution in [1.29, 1.82) is 0 Å². The van der Waals surface area contributed by atoms with Crippen LogP contribution in [0.4, 0.5) is 5.69 Å². The Morgan fingerprint density at radius 2 is 2.33 bits per heavy atom. The van der Waals surface area contributed by atoms with Gasteiger partial charge in [-0.1, -0.05) is 13.8 Å². The molecule has 0 bridgehead atoms. The fraction of sp³-hybridized carbons (Fsp3) is 0.500. The van der Waals surface area contributed by atoms with Crippen LogP contribution < -0.4 is 0 Å². The van der Waals surface area contributed by atoms with Gasteiger partial charge in [0.2, 0.25) is 0 Å². The second kappa shape index (κ2) is 4.84. The highest BCUT2D eigenvalue weighted by atomic mass is 16.6. The molecule has 1 aromatic rings. The monoisotopic (exact) mass is 210 g/mol. The van der Waals surface area contributed by atoms with Crippen LogP contribution in [-0.2, 0) is 0 Å².